The molecule has 0 radical (unpaired) electrons. The molecule has 2 bridgehead atoms. The summed E-state index contributed by atoms with van der Waals surface area (Å²) in [7, 11) is 0. The number of aliphatic hydroxyl groups is 1. The minimum Gasteiger partial charge on any atom is -0.393 e. The third-order valence-electron chi connectivity index (χ3n) is 8.91. The molecule has 0 amide bonds. The molecule has 1 N–H and O–H groups in total. The van der Waals surface area contributed by atoms with E-state index in [9.17, 15) is 5.11 Å². The highest BCUT2D eigenvalue weighted by atomic mass is 16.3. The molecule has 0 spiro atoms. The number of allylic oxidation sites excluding steroid dienone is 6. The normalized spacial score (nSPS) is 47.1. The molecule has 2 fully saturated rings. The van der Waals surface area contributed by atoms with Gasteiger partial charge in [0.05, 0.1) is 6.10 Å². The largest absolute Gasteiger partial charge is 0.393 e. The van der Waals surface area contributed by atoms with Crippen molar-refractivity contribution in [2.45, 2.75) is 84.2 Å². The Balaban J connectivity index is 1.60. The Morgan fingerprint density at radius 2 is 2.04 bits per heavy atom. The van der Waals surface area contributed by atoms with E-state index in [0.717, 1.165) is 12.3 Å². The molecule has 0 aliphatic heterocycles. The van der Waals surface area contributed by atoms with Crippen molar-refractivity contribution in [1.82, 2.24) is 0 Å². The van der Waals surface area contributed by atoms with Crippen LogP contribution in [0.2, 0.25) is 0 Å². The van der Waals surface area contributed by atoms with Gasteiger partial charge in [-0.15, -0.1) is 0 Å². The van der Waals surface area contributed by atoms with Crippen molar-refractivity contribution in [1.29, 1.82) is 0 Å². The molecule has 5 atom stereocenters. The van der Waals surface area contributed by atoms with Crippen LogP contribution in [-0.2, 0) is 0 Å². The van der Waals surface area contributed by atoms with Gasteiger partial charge in [0.1, 0.15) is 0 Å². The molecule has 0 saturated heterocycles. The molecule has 5 rings (SSSR count). The summed E-state index contributed by atoms with van der Waals surface area (Å²) in [5.74, 6) is 0.788. The van der Waals surface area contributed by atoms with E-state index in [2.05, 4.69) is 25.2 Å². The molecule has 130 valence electrons. The molecule has 0 aromatic heterocycles. The summed E-state index contributed by atoms with van der Waals surface area (Å²) < 4.78 is 0. The standard InChI is InChI=1S/C23H32O/c1-16(24)15-22-11-13-23(14-12-22)20-8-7-17-5-3-4-6-18(17)19(20)9-10-21(22,23)2/h5,11,13,16,20,24H,3-4,6-10,12,14-15H2,1-2H3/t16-,20+,21+,22-,23?/m0/s1. The van der Waals surface area contributed by atoms with Crippen molar-refractivity contribution < 1.29 is 5.11 Å². The van der Waals surface area contributed by atoms with Crippen LogP contribution >= 0.6 is 0 Å². The molecule has 2 saturated carbocycles. The lowest BCUT2D eigenvalue weighted by Gasteiger charge is -2.56. The second-order valence-corrected chi connectivity index (χ2v) is 9.63. The van der Waals surface area contributed by atoms with Crippen molar-refractivity contribution in [3.8, 4) is 0 Å². The van der Waals surface area contributed by atoms with Crippen LogP contribution in [0.1, 0.15) is 78.1 Å². The molecular weight excluding hydrogens is 292 g/mol. The molecule has 24 heavy (non-hydrogen) atoms. The van der Waals surface area contributed by atoms with E-state index in [1.807, 2.05) is 12.5 Å². The van der Waals surface area contributed by atoms with E-state index in [-0.39, 0.29) is 11.5 Å². The molecule has 5 aliphatic carbocycles. The van der Waals surface area contributed by atoms with Gasteiger partial charge in [-0.3, -0.25) is 0 Å². The van der Waals surface area contributed by atoms with Crippen molar-refractivity contribution in [2.75, 3.05) is 0 Å². The Labute approximate surface area is 146 Å². The van der Waals surface area contributed by atoms with E-state index >= 15 is 0 Å². The SMILES string of the molecule is C[C@H](O)C[C@]12C=CC3(CC1)[C@@H]1CCC4=CCCCC4=C1CC[C@@]32C. The van der Waals surface area contributed by atoms with Gasteiger partial charge in [-0.05, 0) is 99.0 Å². The monoisotopic (exact) mass is 324 g/mol. The smallest absolute Gasteiger partial charge is 0.0520 e. The quantitative estimate of drug-likeness (QED) is 0.645. The van der Waals surface area contributed by atoms with Crippen molar-refractivity contribution >= 4 is 0 Å². The first-order valence-corrected chi connectivity index (χ1v) is 10.3. The third kappa shape index (κ3) is 1.66. The number of hydrogen-bond donors (Lipinski definition) is 1. The average Bonchev–Trinajstić information content (AvgIpc) is 2.97. The summed E-state index contributed by atoms with van der Waals surface area (Å²) in [5.41, 5.74) is 6.38. The summed E-state index contributed by atoms with van der Waals surface area (Å²) in [4.78, 5) is 0. The maximum Gasteiger partial charge on any atom is 0.0520 e. The van der Waals surface area contributed by atoms with Crippen LogP contribution in [0.5, 0.6) is 0 Å². The van der Waals surface area contributed by atoms with E-state index in [1.54, 1.807) is 11.1 Å². The summed E-state index contributed by atoms with van der Waals surface area (Å²) >= 11 is 0. The van der Waals surface area contributed by atoms with Crippen LogP contribution in [0.15, 0.2) is 34.9 Å². The molecule has 0 aromatic carbocycles. The van der Waals surface area contributed by atoms with Crippen molar-refractivity contribution in [2.24, 2.45) is 22.2 Å². The summed E-state index contributed by atoms with van der Waals surface area (Å²) in [6.07, 6.45) is 20.5. The van der Waals surface area contributed by atoms with Crippen molar-refractivity contribution in [3.63, 3.8) is 0 Å². The highest BCUT2D eigenvalue weighted by molar-refractivity contribution is 5.47. The second-order valence-electron chi connectivity index (χ2n) is 9.63. The first-order valence-electron chi connectivity index (χ1n) is 10.3. The fourth-order valence-electron chi connectivity index (χ4n) is 7.79. The zero-order chi connectivity index (χ0) is 16.6. The lowest BCUT2D eigenvalue weighted by atomic mass is 9.48. The van der Waals surface area contributed by atoms with E-state index in [4.69, 9.17) is 0 Å². The zero-order valence-electron chi connectivity index (χ0n) is 15.4. The predicted molar refractivity (Wildman–Crippen MR) is 98.6 cm³/mol. The Kier molecular flexibility index (Phi) is 3.14. The van der Waals surface area contributed by atoms with Gasteiger partial charge >= 0.3 is 0 Å². The number of hydrogen-bond acceptors (Lipinski definition) is 1. The summed E-state index contributed by atoms with van der Waals surface area (Å²) in [6, 6.07) is 0. The Morgan fingerprint density at radius 3 is 2.79 bits per heavy atom. The summed E-state index contributed by atoms with van der Waals surface area (Å²) in [5, 5.41) is 10.2. The molecule has 5 aliphatic rings. The van der Waals surface area contributed by atoms with Gasteiger partial charge in [-0.2, -0.15) is 0 Å². The van der Waals surface area contributed by atoms with Gasteiger partial charge < -0.3 is 5.11 Å². The van der Waals surface area contributed by atoms with Gasteiger partial charge in [-0.25, -0.2) is 0 Å². The zero-order valence-corrected chi connectivity index (χ0v) is 15.4. The fraction of sp³-hybridized carbons (Fsp3) is 0.739. The van der Waals surface area contributed by atoms with E-state index in [1.165, 1.54) is 57.8 Å². The third-order valence-corrected chi connectivity index (χ3v) is 8.91. The van der Waals surface area contributed by atoms with Crippen LogP contribution in [0.25, 0.3) is 0 Å². The maximum atomic E-state index is 10.2. The minimum atomic E-state index is -0.181. The number of fused-ring (bicyclic) bond motifs is 2. The number of rotatable bonds is 2. The molecule has 0 heterocycles. The first kappa shape index (κ1) is 15.4. The van der Waals surface area contributed by atoms with Crippen LogP contribution in [0, 0.1) is 22.2 Å². The lowest BCUT2D eigenvalue weighted by Crippen LogP contribution is -2.49. The second kappa shape index (κ2) is 4.87. The molecule has 0 aromatic rings. The Hall–Kier alpha value is -0.820. The van der Waals surface area contributed by atoms with Crippen LogP contribution in [-0.4, -0.2) is 11.2 Å². The van der Waals surface area contributed by atoms with E-state index in [0.29, 0.717) is 10.8 Å². The topological polar surface area (TPSA) is 20.2 Å². The van der Waals surface area contributed by atoms with Crippen LogP contribution < -0.4 is 0 Å². The first-order chi connectivity index (χ1) is 11.5. The number of aliphatic hydroxyl groups excluding tert-OH is 1. The molecular formula is C23H32O. The van der Waals surface area contributed by atoms with Gasteiger partial charge in [0.25, 0.3) is 0 Å². The van der Waals surface area contributed by atoms with Gasteiger partial charge in [0, 0.05) is 5.41 Å². The highest BCUT2D eigenvalue weighted by Crippen LogP contribution is 2.78. The molecule has 1 unspecified atom stereocenters. The summed E-state index contributed by atoms with van der Waals surface area (Å²) in [6.45, 7) is 4.57. The minimum absolute atomic E-state index is 0.181. The lowest BCUT2D eigenvalue weighted by molar-refractivity contribution is -0.0197. The molecule has 1 nitrogen and oxygen atoms in total. The van der Waals surface area contributed by atoms with Crippen LogP contribution in [0.3, 0.4) is 0 Å². The molecule has 1 heteroatoms. The van der Waals surface area contributed by atoms with Gasteiger partial charge in [-0.1, -0.05) is 30.7 Å². The van der Waals surface area contributed by atoms with Gasteiger partial charge in [0.2, 0.25) is 0 Å². The van der Waals surface area contributed by atoms with E-state index < -0.39 is 0 Å². The Morgan fingerprint density at radius 1 is 1.17 bits per heavy atom. The average molecular weight is 325 g/mol. The Bertz CT molecular complexity index is 666. The van der Waals surface area contributed by atoms with Gasteiger partial charge in [0.15, 0.2) is 0 Å². The van der Waals surface area contributed by atoms with Crippen LogP contribution in [0.4, 0.5) is 0 Å². The predicted octanol–water partition coefficient (Wildman–Crippen LogP) is 5.71. The van der Waals surface area contributed by atoms with Crippen molar-refractivity contribution in [3.05, 3.63) is 34.9 Å². The fourth-order valence-corrected chi connectivity index (χ4v) is 7.79. The highest BCUT2D eigenvalue weighted by Gasteiger charge is 2.70. The maximum absolute atomic E-state index is 10.2.